The van der Waals surface area contributed by atoms with Gasteiger partial charge in [-0.05, 0) is 43.9 Å². The molecule has 7 heteroatoms. The maximum absolute atomic E-state index is 13.1. The van der Waals surface area contributed by atoms with E-state index in [0.29, 0.717) is 18.1 Å². The number of nitrogens with one attached hydrogen (secondary N) is 1. The van der Waals surface area contributed by atoms with E-state index in [-0.39, 0.29) is 11.6 Å². The molecule has 3 N–H and O–H groups in total. The Labute approximate surface area is 175 Å². The molecule has 0 bridgehead atoms. The van der Waals surface area contributed by atoms with Gasteiger partial charge in [-0.25, -0.2) is 9.78 Å². The lowest BCUT2D eigenvalue weighted by atomic mass is 9.99. The van der Waals surface area contributed by atoms with Gasteiger partial charge in [0.25, 0.3) is 0 Å². The summed E-state index contributed by atoms with van der Waals surface area (Å²) in [5, 5.41) is 4.71. The summed E-state index contributed by atoms with van der Waals surface area (Å²) in [7, 11) is 0. The number of hydrogen-bond acceptors (Lipinski definition) is 4. The van der Waals surface area contributed by atoms with Gasteiger partial charge in [-0.2, -0.15) is 4.68 Å². The predicted molar refractivity (Wildman–Crippen MR) is 118 cm³/mol. The van der Waals surface area contributed by atoms with Crippen molar-refractivity contribution in [3.05, 3.63) is 64.3 Å². The average Bonchev–Trinajstić information content (AvgIpc) is 3.03. The minimum Gasteiger partial charge on any atom is -0.290 e. The van der Waals surface area contributed by atoms with Crippen LogP contribution in [0.1, 0.15) is 31.7 Å². The van der Waals surface area contributed by atoms with Gasteiger partial charge < -0.3 is 0 Å². The second-order valence-corrected chi connectivity index (χ2v) is 8.11. The van der Waals surface area contributed by atoms with Gasteiger partial charge in [0.05, 0.1) is 5.56 Å². The van der Waals surface area contributed by atoms with Crippen LogP contribution in [0.4, 0.5) is 5.95 Å². The zero-order chi connectivity index (χ0) is 21.4. The number of pyridine rings is 1. The van der Waals surface area contributed by atoms with Crippen LogP contribution in [0.15, 0.2) is 47.3 Å². The van der Waals surface area contributed by atoms with Gasteiger partial charge in [-0.3, -0.25) is 10.7 Å². The number of fused-ring (bicyclic) bond motifs is 1. The molecule has 0 saturated heterocycles. The van der Waals surface area contributed by atoms with Gasteiger partial charge in [0.15, 0.2) is 0 Å². The van der Waals surface area contributed by atoms with Crippen LogP contribution in [-0.2, 0) is 6.54 Å². The van der Waals surface area contributed by atoms with E-state index in [2.05, 4.69) is 23.8 Å². The average molecular weight is 404 g/mol. The Bertz CT molecular complexity index is 1250. The third-order valence-electron chi connectivity index (χ3n) is 5.16. The van der Waals surface area contributed by atoms with Gasteiger partial charge in [-0.1, -0.05) is 44.2 Å². The van der Waals surface area contributed by atoms with E-state index in [1.165, 1.54) is 9.08 Å². The van der Waals surface area contributed by atoms with Crippen molar-refractivity contribution in [1.82, 2.24) is 19.2 Å². The van der Waals surface area contributed by atoms with Crippen LogP contribution >= 0.6 is 0 Å². The van der Waals surface area contributed by atoms with Crippen molar-refractivity contribution in [2.45, 2.75) is 40.7 Å². The number of nitrogen functional groups attached to an aromatic ring is 1. The minimum absolute atomic E-state index is 0.234. The lowest BCUT2D eigenvalue weighted by Gasteiger charge is -2.10. The monoisotopic (exact) mass is 403 g/mol. The van der Waals surface area contributed by atoms with E-state index in [0.717, 1.165) is 40.2 Å². The van der Waals surface area contributed by atoms with Crippen LogP contribution in [-0.4, -0.2) is 19.2 Å². The summed E-state index contributed by atoms with van der Waals surface area (Å²) in [4.78, 5) is 20.8. The molecule has 0 amide bonds. The van der Waals surface area contributed by atoms with Crippen LogP contribution in [0.25, 0.3) is 28.0 Å². The first-order chi connectivity index (χ1) is 14.3. The molecule has 3 heterocycles. The van der Waals surface area contributed by atoms with Crippen molar-refractivity contribution in [1.29, 1.82) is 0 Å². The minimum atomic E-state index is -0.234. The first-order valence-corrected chi connectivity index (χ1v) is 10.2. The molecule has 0 atom stereocenters. The highest BCUT2D eigenvalue weighted by Gasteiger charge is 2.25. The van der Waals surface area contributed by atoms with Crippen LogP contribution in [0.2, 0.25) is 0 Å². The first kappa shape index (κ1) is 19.8. The molecular weight excluding hydrogens is 376 g/mol. The van der Waals surface area contributed by atoms with Crippen molar-refractivity contribution >= 4 is 11.6 Å². The highest BCUT2D eigenvalue weighted by atomic mass is 16.2. The number of H-pyrrole nitrogens is 1. The number of hydrogen-bond donors (Lipinski definition) is 1. The van der Waals surface area contributed by atoms with Crippen LogP contribution < -0.4 is 16.4 Å². The number of nitrogens with two attached hydrogens (primary N) is 1. The first-order valence-electron chi connectivity index (χ1n) is 10.2. The predicted octanol–water partition coefficient (Wildman–Crippen LogP) is 3.28. The van der Waals surface area contributed by atoms with Crippen LogP contribution in [0.3, 0.4) is 0 Å². The van der Waals surface area contributed by atoms with Crippen LogP contribution in [0.5, 0.6) is 0 Å². The van der Waals surface area contributed by atoms with E-state index in [1.54, 1.807) is 0 Å². The molecule has 7 nitrogen and oxygen atoms in total. The summed E-state index contributed by atoms with van der Waals surface area (Å²) in [6, 6.07) is 14.0. The summed E-state index contributed by atoms with van der Waals surface area (Å²) < 4.78 is 2.98. The second kappa shape index (κ2) is 7.74. The van der Waals surface area contributed by atoms with Crippen molar-refractivity contribution < 1.29 is 4.98 Å². The van der Waals surface area contributed by atoms with Crippen molar-refractivity contribution in [3.8, 4) is 22.4 Å². The number of anilines is 1. The zero-order valence-electron chi connectivity index (χ0n) is 17.8. The number of benzene rings is 1. The third-order valence-corrected chi connectivity index (χ3v) is 5.16. The smallest absolute Gasteiger partial charge is 0.290 e. The normalized spacial score (nSPS) is 11.5. The van der Waals surface area contributed by atoms with Crippen molar-refractivity contribution in [2.24, 2.45) is 5.92 Å². The fourth-order valence-corrected chi connectivity index (χ4v) is 3.74. The van der Waals surface area contributed by atoms with E-state index < -0.39 is 0 Å². The largest absolute Gasteiger partial charge is 0.411 e. The molecule has 3 aromatic heterocycles. The van der Waals surface area contributed by atoms with E-state index >= 15 is 0 Å². The molecule has 0 saturated carbocycles. The zero-order valence-corrected chi connectivity index (χ0v) is 17.8. The molecule has 0 spiro atoms. The lowest BCUT2D eigenvalue weighted by Crippen LogP contribution is -2.28. The summed E-state index contributed by atoms with van der Waals surface area (Å²) in [6.07, 6.45) is 0.863. The van der Waals surface area contributed by atoms with Gasteiger partial charge in [-0.15, -0.1) is 9.50 Å². The summed E-state index contributed by atoms with van der Waals surface area (Å²) >= 11 is 0. The van der Waals surface area contributed by atoms with Crippen LogP contribution in [0, 0.1) is 19.8 Å². The van der Waals surface area contributed by atoms with Gasteiger partial charge >= 0.3 is 11.6 Å². The van der Waals surface area contributed by atoms with E-state index in [1.807, 2.05) is 56.3 Å². The number of aromatic amines is 1. The second-order valence-electron chi connectivity index (χ2n) is 8.11. The molecule has 30 heavy (non-hydrogen) atoms. The van der Waals surface area contributed by atoms with E-state index in [4.69, 9.17) is 10.8 Å². The Hall–Kier alpha value is -3.48. The maximum Gasteiger partial charge on any atom is 0.411 e. The summed E-state index contributed by atoms with van der Waals surface area (Å²) in [6.45, 7) is 8.73. The lowest BCUT2D eigenvalue weighted by molar-refractivity contribution is -0.351. The van der Waals surface area contributed by atoms with E-state index in [9.17, 15) is 4.79 Å². The van der Waals surface area contributed by atoms with Gasteiger partial charge in [0.1, 0.15) is 5.69 Å². The molecule has 4 rings (SSSR count). The summed E-state index contributed by atoms with van der Waals surface area (Å²) in [5.74, 6) is 0.728. The van der Waals surface area contributed by atoms with Gasteiger partial charge in [0.2, 0.25) is 5.65 Å². The molecule has 0 aliphatic heterocycles. The highest BCUT2D eigenvalue weighted by molar-refractivity contribution is 5.88. The van der Waals surface area contributed by atoms with Crippen molar-refractivity contribution in [2.75, 3.05) is 5.73 Å². The molecule has 4 aromatic rings. The fraction of sp³-hybridized carbons (Fsp3) is 0.304. The SMILES string of the molecule is Cc1cc(-c2c(-c3ccccc3)[nH+]c(N)n3c(=O)n(CCC(C)C)nc23)cc(C)n1. The fourth-order valence-electron chi connectivity index (χ4n) is 3.74. The Kier molecular flexibility index (Phi) is 5.11. The number of nitrogens with zero attached hydrogens (tertiary/aromatic N) is 4. The van der Waals surface area contributed by atoms with Crippen molar-refractivity contribution in [3.63, 3.8) is 0 Å². The number of aryl methyl sites for hydroxylation is 3. The highest BCUT2D eigenvalue weighted by Crippen LogP contribution is 2.32. The Morgan fingerprint density at radius 1 is 1.07 bits per heavy atom. The maximum atomic E-state index is 13.1. The molecule has 0 aliphatic carbocycles. The standard InChI is InChI=1S/C23H26N6O/c1-14(2)10-11-28-23(30)29-21(27-28)19(18-12-15(3)25-16(4)13-18)20(26-22(29)24)17-8-6-5-7-9-17/h5-9,12-14H,10-11H2,1-4H3,(H2,24,26)/p+1. The van der Waals surface area contributed by atoms with Gasteiger partial charge in [0, 0.05) is 23.5 Å². The Balaban J connectivity index is 2.07. The third kappa shape index (κ3) is 3.58. The Morgan fingerprint density at radius 2 is 1.73 bits per heavy atom. The Morgan fingerprint density at radius 3 is 2.37 bits per heavy atom. The topological polar surface area (TPSA) is 92.3 Å². The molecule has 154 valence electrons. The molecule has 1 aromatic carbocycles. The molecule has 0 unspecified atom stereocenters. The number of aromatic nitrogens is 5. The number of rotatable bonds is 5. The molecular formula is C23H27N6O+. The molecule has 0 fully saturated rings. The molecule has 0 radical (unpaired) electrons. The summed E-state index contributed by atoms with van der Waals surface area (Å²) in [5.41, 5.74) is 12.0. The quantitative estimate of drug-likeness (QED) is 0.553. The molecule has 0 aliphatic rings.